The number of rotatable bonds is 8. The Hall–Kier alpha value is -3.18. The molecule has 5 heteroatoms. The van der Waals surface area contributed by atoms with E-state index in [1.807, 2.05) is 43.3 Å². The van der Waals surface area contributed by atoms with Crippen LogP contribution in [0.15, 0.2) is 60.9 Å². The molecule has 3 rings (SSSR count). The normalized spacial score (nSPS) is 10.8. The molecule has 0 bridgehead atoms. The lowest BCUT2D eigenvalue weighted by molar-refractivity contribution is 0.0946. The zero-order valence-electron chi connectivity index (χ0n) is 17.7. The molecule has 1 heterocycles. The number of nitrogens with one attached hydrogen (secondary N) is 1. The lowest BCUT2D eigenvalue weighted by Gasteiger charge is -2.15. The van der Waals surface area contributed by atoms with Crippen molar-refractivity contribution in [1.29, 1.82) is 0 Å². The van der Waals surface area contributed by atoms with E-state index in [2.05, 4.69) is 24.1 Å². The van der Waals surface area contributed by atoms with Crippen molar-refractivity contribution in [2.24, 2.45) is 5.92 Å². The quantitative estimate of drug-likeness (QED) is 0.579. The highest BCUT2D eigenvalue weighted by Gasteiger charge is 2.16. The number of nitrogens with zero attached hydrogens (tertiary/aromatic N) is 1. The van der Waals surface area contributed by atoms with Gasteiger partial charge in [-0.05, 0) is 47.7 Å². The van der Waals surface area contributed by atoms with Crippen LogP contribution in [-0.4, -0.2) is 22.6 Å². The smallest absolute Gasteiger partial charge is 0.255 e. The number of amides is 1. The van der Waals surface area contributed by atoms with Gasteiger partial charge in [0, 0.05) is 24.5 Å². The third-order valence-corrected chi connectivity index (χ3v) is 4.76. The van der Waals surface area contributed by atoms with Crippen molar-refractivity contribution in [2.75, 3.05) is 6.61 Å². The monoisotopic (exact) mass is 404 g/mol. The van der Waals surface area contributed by atoms with Crippen molar-refractivity contribution >= 4 is 5.91 Å². The number of pyridine rings is 1. The Morgan fingerprint density at radius 2 is 1.90 bits per heavy atom. The molecule has 3 aromatic rings. The Morgan fingerprint density at radius 1 is 1.13 bits per heavy atom. The lowest BCUT2D eigenvalue weighted by Crippen LogP contribution is -2.24. The second-order valence-electron chi connectivity index (χ2n) is 7.78. The summed E-state index contributed by atoms with van der Waals surface area (Å²) < 4.78 is 5.91. The first-order valence-electron chi connectivity index (χ1n) is 10.1. The molecule has 156 valence electrons. The average Bonchev–Trinajstić information content (AvgIpc) is 2.77. The summed E-state index contributed by atoms with van der Waals surface area (Å²) in [5.74, 6) is 0.682. The Labute approximate surface area is 177 Å². The molecule has 0 radical (unpaired) electrons. The van der Waals surface area contributed by atoms with Gasteiger partial charge in [-0.15, -0.1) is 0 Å². The molecule has 5 nitrogen and oxygen atoms in total. The molecule has 1 amide bonds. The highest BCUT2D eigenvalue weighted by molar-refractivity contribution is 5.98. The molecule has 2 N–H and O–H groups in total. The van der Waals surface area contributed by atoms with E-state index in [1.54, 1.807) is 24.5 Å². The number of hydrogen-bond acceptors (Lipinski definition) is 4. The summed E-state index contributed by atoms with van der Waals surface area (Å²) >= 11 is 0. The van der Waals surface area contributed by atoms with Gasteiger partial charge in [0.1, 0.15) is 5.75 Å². The van der Waals surface area contributed by atoms with Gasteiger partial charge in [0.15, 0.2) is 0 Å². The Kier molecular flexibility index (Phi) is 7.20. The van der Waals surface area contributed by atoms with Crippen LogP contribution in [0.25, 0.3) is 11.1 Å². The van der Waals surface area contributed by atoms with Crippen LogP contribution in [0.4, 0.5) is 0 Å². The fraction of sp³-hybridized carbons (Fsp3) is 0.280. The topological polar surface area (TPSA) is 71.5 Å². The summed E-state index contributed by atoms with van der Waals surface area (Å²) in [6.45, 7) is 7.02. The summed E-state index contributed by atoms with van der Waals surface area (Å²) in [5.41, 5.74) is 5.04. The number of carbonyl (C=O) groups is 1. The Morgan fingerprint density at radius 3 is 2.60 bits per heavy atom. The number of carbonyl (C=O) groups excluding carboxylic acids is 1. The van der Waals surface area contributed by atoms with E-state index >= 15 is 0 Å². The van der Waals surface area contributed by atoms with Crippen molar-refractivity contribution in [1.82, 2.24) is 10.3 Å². The molecule has 0 saturated heterocycles. The molecule has 1 aromatic heterocycles. The van der Waals surface area contributed by atoms with E-state index in [9.17, 15) is 9.90 Å². The van der Waals surface area contributed by atoms with Crippen LogP contribution in [0.1, 0.15) is 40.9 Å². The minimum absolute atomic E-state index is 0.0988. The van der Waals surface area contributed by atoms with E-state index in [0.29, 0.717) is 30.4 Å². The molecule has 0 spiro atoms. The van der Waals surface area contributed by atoms with Gasteiger partial charge in [-0.3, -0.25) is 9.78 Å². The van der Waals surface area contributed by atoms with Crippen molar-refractivity contribution in [3.63, 3.8) is 0 Å². The maximum Gasteiger partial charge on any atom is 0.255 e. The third kappa shape index (κ3) is 5.45. The molecule has 0 aliphatic carbocycles. The van der Waals surface area contributed by atoms with Crippen LogP contribution in [0.2, 0.25) is 0 Å². The fourth-order valence-electron chi connectivity index (χ4n) is 3.06. The van der Waals surface area contributed by atoms with Crippen LogP contribution in [0.3, 0.4) is 0 Å². The van der Waals surface area contributed by atoms with E-state index in [-0.39, 0.29) is 12.5 Å². The average molecular weight is 405 g/mol. The zero-order valence-corrected chi connectivity index (χ0v) is 17.7. The summed E-state index contributed by atoms with van der Waals surface area (Å²) in [5, 5.41) is 12.6. The molecule has 0 unspecified atom stereocenters. The number of aryl methyl sites for hydroxylation is 1. The highest BCUT2D eigenvalue weighted by atomic mass is 16.5. The molecule has 0 aliphatic rings. The summed E-state index contributed by atoms with van der Waals surface area (Å²) in [6, 6.07) is 15.3. The first-order chi connectivity index (χ1) is 14.5. The van der Waals surface area contributed by atoms with Crippen molar-refractivity contribution in [3.05, 3.63) is 83.2 Å². The summed E-state index contributed by atoms with van der Waals surface area (Å²) in [7, 11) is 0. The van der Waals surface area contributed by atoms with Crippen LogP contribution < -0.4 is 10.1 Å². The molecule has 0 atom stereocenters. The van der Waals surface area contributed by atoms with E-state index < -0.39 is 0 Å². The standard InChI is InChI=1S/C25H28N2O3/c1-17(2)16-30-24-9-8-20(23-14-26-11-10-21(23)15-28)12-22(24)25(29)27-13-19-6-4-18(3)5-7-19/h4-12,14,17,28H,13,15-16H2,1-3H3,(H,27,29). The van der Waals surface area contributed by atoms with E-state index in [1.165, 1.54) is 5.56 Å². The first-order valence-corrected chi connectivity index (χ1v) is 10.1. The number of hydrogen-bond donors (Lipinski definition) is 2. The Bertz CT molecular complexity index is 998. The minimum Gasteiger partial charge on any atom is -0.492 e. The highest BCUT2D eigenvalue weighted by Crippen LogP contribution is 2.29. The molecular formula is C25H28N2O3. The lowest BCUT2D eigenvalue weighted by atomic mass is 9.99. The number of ether oxygens (including phenoxy) is 1. The van der Waals surface area contributed by atoms with Gasteiger partial charge in [-0.25, -0.2) is 0 Å². The van der Waals surface area contributed by atoms with Gasteiger partial charge in [0.05, 0.1) is 18.8 Å². The van der Waals surface area contributed by atoms with Gasteiger partial charge in [0.2, 0.25) is 0 Å². The molecule has 0 fully saturated rings. The van der Waals surface area contributed by atoms with Gasteiger partial charge in [-0.2, -0.15) is 0 Å². The van der Waals surface area contributed by atoms with Gasteiger partial charge < -0.3 is 15.2 Å². The number of aromatic nitrogens is 1. The first kappa shape index (κ1) is 21.5. The summed E-state index contributed by atoms with van der Waals surface area (Å²) in [4.78, 5) is 17.2. The van der Waals surface area contributed by atoms with Crippen molar-refractivity contribution < 1.29 is 14.6 Å². The minimum atomic E-state index is -0.203. The van der Waals surface area contributed by atoms with Gasteiger partial charge >= 0.3 is 0 Å². The fourth-order valence-corrected chi connectivity index (χ4v) is 3.06. The molecular weight excluding hydrogens is 376 g/mol. The summed E-state index contributed by atoms with van der Waals surface area (Å²) in [6.07, 6.45) is 3.34. The maximum absolute atomic E-state index is 13.0. The van der Waals surface area contributed by atoms with Crippen LogP contribution >= 0.6 is 0 Å². The third-order valence-electron chi connectivity index (χ3n) is 4.76. The molecule has 0 aliphatic heterocycles. The molecule has 0 saturated carbocycles. The number of aliphatic hydroxyl groups is 1. The largest absolute Gasteiger partial charge is 0.492 e. The van der Waals surface area contributed by atoms with Crippen LogP contribution in [0.5, 0.6) is 5.75 Å². The van der Waals surface area contributed by atoms with E-state index in [4.69, 9.17) is 4.74 Å². The maximum atomic E-state index is 13.0. The molecule has 2 aromatic carbocycles. The van der Waals surface area contributed by atoms with Gasteiger partial charge in [-0.1, -0.05) is 49.7 Å². The Balaban J connectivity index is 1.89. The number of aliphatic hydroxyl groups excluding tert-OH is 1. The van der Waals surface area contributed by atoms with Gasteiger partial charge in [0.25, 0.3) is 5.91 Å². The van der Waals surface area contributed by atoms with Crippen molar-refractivity contribution in [3.8, 4) is 16.9 Å². The van der Waals surface area contributed by atoms with Crippen molar-refractivity contribution in [2.45, 2.75) is 33.9 Å². The van der Waals surface area contributed by atoms with Crippen LogP contribution in [-0.2, 0) is 13.2 Å². The molecule has 30 heavy (non-hydrogen) atoms. The second-order valence-corrected chi connectivity index (χ2v) is 7.78. The number of benzene rings is 2. The van der Waals surface area contributed by atoms with Crippen LogP contribution in [0, 0.1) is 12.8 Å². The zero-order chi connectivity index (χ0) is 21.5. The predicted octanol–water partition coefficient (Wildman–Crippen LogP) is 4.51. The SMILES string of the molecule is Cc1ccc(CNC(=O)c2cc(-c3cnccc3CO)ccc2OCC(C)C)cc1. The predicted molar refractivity (Wildman–Crippen MR) is 118 cm³/mol. The second kappa shape index (κ2) is 10.0. The van der Waals surface area contributed by atoms with E-state index in [0.717, 1.165) is 22.3 Å².